The molecule has 232 valence electrons. The first-order valence-electron chi connectivity index (χ1n) is 13.9. The average molecular weight is 639 g/mol. The summed E-state index contributed by atoms with van der Waals surface area (Å²) in [6.45, 7) is 2.89. The van der Waals surface area contributed by atoms with Crippen molar-refractivity contribution in [1.29, 1.82) is 0 Å². The number of anilines is 1. The zero-order valence-electron chi connectivity index (χ0n) is 25.1. The molecule has 3 aromatic carbocycles. The van der Waals surface area contributed by atoms with Crippen LogP contribution in [0.4, 0.5) is 5.13 Å². The van der Waals surface area contributed by atoms with Crippen LogP contribution in [0, 0.1) is 6.92 Å². The maximum atomic E-state index is 13.9. The van der Waals surface area contributed by atoms with E-state index in [1.54, 1.807) is 12.1 Å². The van der Waals surface area contributed by atoms with Crippen LogP contribution in [0.15, 0.2) is 64.6 Å². The van der Waals surface area contributed by atoms with Crippen LogP contribution in [0.5, 0.6) is 17.2 Å². The van der Waals surface area contributed by atoms with Crippen LogP contribution >= 0.6 is 11.3 Å². The molecule has 1 fully saturated rings. The van der Waals surface area contributed by atoms with Gasteiger partial charge in [0, 0.05) is 31.3 Å². The van der Waals surface area contributed by atoms with E-state index in [0.717, 1.165) is 28.6 Å². The number of aryl methyl sites for hydroxylation is 1. The topological polar surface area (TPSA) is 120 Å². The fourth-order valence-corrected chi connectivity index (χ4v) is 7.07. The number of sulfonamides is 1. The third-order valence-corrected chi connectivity index (χ3v) is 10.0. The molecular formula is C31H34N4O7S2. The van der Waals surface area contributed by atoms with E-state index in [9.17, 15) is 13.2 Å². The summed E-state index contributed by atoms with van der Waals surface area (Å²) in [5.74, 6) is 0.810. The van der Waals surface area contributed by atoms with Crippen molar-refractivity contribution in [3.05, 3.63) is 71.3 Å². The van der Waals surface area contributed by atoms with Crippen LogP contribution < -0.4 is 19.2 Å². The van der Waals surface area contributed by atoms with Crippen LogP contribution in [-0.4, -0.2) is 77.5 Å². The Hall–Kier alpha value is -4.04. The second-order valence-electron chi connectivity index (χ2n) is 10.2. The Morgan fingerprint density at radius 2 is 1.77 bits per heavy atom. The zero-order chi connectivity index (χ0) is 31.4. The zero-order valence-corrected chi connectivity index (χ0v) is 26.8. The summed E-state index contributed by atoms with van der Waals surface area (Å²) in [6, 6.07) is 15.1. The number of carbonyl (C=O) groups excluding carboxylic acids is 1. The standard InChI is InChI=1S/C31H34N4O7S2/c1-20-8-13-25-28(15-20)43-31(33-25)35(32-18-21-16-26(39-3)29(41-5)27(17-21)40-4)30(36)22-9-11-24(12-10-22)44(37,38)34(2)19-23-7-6-14-42-23/h8-13,15-18,23H,6-7,14,19H2,1-5H3/b32-18+. The van der Waals surface area contributed by atoms with E-state index in [2.05, 4.69) is 10.1 Å². The Morgan fingerprint density at radius 3 is 2.39 bits per heavy atom. The maximum absolute atomic E-state index is 13.9. The molecule has 44 heavy (non-hydrogen) atoms. The molecule has 1 amide bonds. The van der Waals surface area contributed by atoms with Crippen LogP contribution in [-0.2, 0) is 14.8 Å². The number of methoxy groups -OCH3 is 3. The van der Waals surface area contributed by atoms with E-state index in [0.29, 0.717) is 34.6 Å². The Labute approximate surface area is 260 Å². The van der Waals surface area contributed by atoms with E-state index in [-0.39, 0.29) is 23.1 Å². The van der Waals surface area contributed by atoms with Gasteiger partial charge in [-0.05, 0) is 73.9 Å². The van der Waals surface area contributed by atoms with Gasteiger partial charge < -0.3 is 18.9 Å². The number of benzene rings is 3. The van der Waals surface area contributed by atoms with Crippen molar-refractivity contribution in [2.24, 2.45) is 5.10 Å². The van der Waals surface area contributed by atoms with E-state index in [1.165, 1.54) is 79.5 Å². The highest BCUT2D eigenvalue weighted by molar-refractivity contribution is 7.89. The molecule has 0 aliphatic carbocycles. The molecule has 0 radical (unpaired) electrons. The summed E-state index contributed by atoms with van der Waals surface area (Å²) in [5, 5.41) is 6.09. The minimum Gasteiger partial charge on any atom is -0.493 e. The van der Waals surface area contributed by atoms with E-state index >= 15 is 0 Å². The fourth-order valence-electron chi connectivity index (χ4n) is 4.84. The van der Waals surface area contributed by atoms with Crippen LogP contribution in [0.25, 0.3) is 10.2 Å². The van der Waals surface area contributed by atoms with Gasteiger partial charge in [-0.3, -0.25) is 4.79 Å². The SMILES string of the molecule is COc1cc(/C=N/N(C(=O)c2ccc(S(=O)(=O)N(C)CC3CCCO3)cc2)c2nc3ccc(C)cc3s2)cc(OC)c1OC. The highest BCUT2D eigenvalue weighted by Gasteiger charge is 2.27. The predicted octanol–water partition coefficient (Wildman–Crippen LogP) is 5.11. The molecule has 1 aliphatic rings. The fraction of sp³-hybridized carbons (Fsp3) is 0.323. The highest BCUT2D eigenvalue weighted by atomic mass is 32.2. The minimum atomic E-state index is -3.77. The van der Waals surface area contributed by atoms with Crippen molar-refractivity contribution in [3.8, 4) is 17.2 Å². The number of hydrogen-bond acceptors (Lipinski definition) is 10. The smallest absolute Gasteiger partial charge is 0.280 e. The first kappa shape index (κ1) is 31.4. The monoisotopic (exact) mass is 638 g/mol. The Bertz CT molecular complexity index is 1760. The Balaban J connectivity index is 1.48. The van der Waals surface area contributed by atoms with Gasteiger partial charge in [-0.25, -0.2) is 13.4 Å². The number of likely N-dealkylation sites (N-methyl/N-ethyl adjacent to an activating group) is 1. The lowest BCUT2D eigenvalue weighted by atomic mass is 10.2. The van der Waals surface area contributed by atoms with Gasteiger partial charge in [-0.15, -0.1) is 0 Å². The number of thiazole rings is 1. The van der Waals surface area contributed by atoms with Gasteiger partial charge in [0.05, 0.1) is 48.8 Å². The number of rotatable bonds is 11. The van der Waals surface area contributed by atoms with E-state index in [4.69, 9.17) is 18.9 Å². The molecule has 0 saturated carbocycles. The Morgan fingerprint density at radius 1 is 1.07 bits per heavy atom. The van der Waals surface area contributed by atoms with Crippen molar-refractivity contribution in [2.45, 2.75) is 30.8 Å². The number of hydrazone groups is 1. The molecule has 1 aromatic heterocycles. The molecule has 4 aromatic rings. The van der Waals surface area contributed by atoms with Gasteiger partial charge in [0.1, 0.15) is 0 Å². The van der Waals surface area contributed by atoms with Crippen molar-refractivity contribution in [1.82, 2.24) is 9.29 Å². The number of nitrogens with zero attached hydrogens (tertiary/aromatic N) is 4. The number of carbonyl (C=O) groups is 1. The lowest BCUT2D eigenvalue weighted by Gasteiger charge is -2.20. The summed E-state index contributed by atoms with van der Waals surface area (Å²) in [4.78, 5) is 18.7. The summed E-state index contributed by atoms with van der Waals surface area (Å²) in [7, 11) is 2.30. The largest absolute Gasteiger partial charge is 0.493 e. The number of ether oxygens (including phenoxy) is 4. The molecule has 11 nitrogen and oxygen atoms in total. The molecule has 0 bridgehead atoms. The molecular weight excluding hydrogens is 604 g/mol. The highest BCUT2D eigenvalue weighted by Crippen LogP contribution is 2.38. The number of hydrogen-bond donors (Lipinski definition) is 0. The number of amides is 1. The predicted molar refractivity (Wildman–Crippen MR) is 170 cm³/mol. The van der Waals surface area contributed by atoms with Gasteiger partial charge in [-0.2, -0.15) is 14.4 Å². The van der Waals surface area contributed by atoms with Gasteiger partial charge in [0.25, 0.3) is 5.91 Å². The lowest BCUT2D eigenvalue weighted by molar-refractivity contribution is 0.0978. The van der Waals surface area contributed by atoms with Crippen LogP contribution in [0.1, 0.15) is 34.3 Å². The van der Waals surface area contributed by atoms with E-state index in [1.807, 2.05) is 25.1 Å². The van der Waals surface area contributed by atoms with Crippen LogP contribution in [0.2, 0.25) is 0 Å². The lowest BCUT2D eigenvalue weighted by Crippen LogP contribution is -2.34. The summed E-state index contributed by atoms with van der Waals surface area (Å²) in [6.07, 6.45) is 3.12. The molecule has 0 N–H and O–H groups in total. The van der Waals surface area contributed by atoms with Gasteiger partial charge in [0.2, 0.25) is 20.9 Å². The summed E-state index contributed by atoms with van der Waals surface area (Å²) in [5.41, 5.74) is 2.62. The summed E-state index contributed by atoms with van der Waals surface area (Å²) < 4.78 is 50.5. The Kier molecular flexibility index (Phi) is 9.49. The molecule has 1 atom stereocenters. The summed E-state index contributed by atoms with van der Waals surface area (Å²) >= 11 is 1.32. The van der Waals surface area contributed by atoms with Gasteiger partial charge in [-0.1, -0.05) is 17.4 Å². The van der Waals surface area contributed by atoms with Crippen molar-refractivity contribution in [3.63, 3.8) is 0 Å². The first-order valence-corrected chi connectivity index (χ1v) is 16.1. The third-order valence-electron chi connectivity index (χ3n) is 7.21. The average Bonchev–Trinajstić information content (AvgIpc) is 3.70. The van der Waals surface area contributed by atoms with Crippen molar-refractivity contribution in [2.75, 3.05) is 46.5 Å². The van der Waals surface area contributed by atoms with Crippen molar-refractivity contribution >= 4 is 48.8 Å². The molecule has 1 aliphatic heterocycles. The molecule has 13 heteroatoms. The maximum Gasteiger partial charge on any atom is 0.280 e. The first-order chi connectivity index (χ1) is 21.1. The van der Waals surface area contributed by atoms with Crippen LogP contribution in [0.3, 0.4) is 0 Å². The quantitative estimate of drug-likeness (QED) is 0.164. The van der Waals surface area contributed by atoms with E-state index < -0.39 is 15.9 Å². The normalized spacial score (nSPS) is 15.3. The van der Waals surface area contributed by atoms with Gasteiger partial charge in [0.15, 0.2) is 11.5 Å². The second-order valence-corrected chi connectivity index (χ2v) is 13.3. The number of aromatic nitrogens is 1. The minimum absolute atomic E-state index is 0.0810. The third kappa shape index (κ3) is 6.55. The molecule has 2 heterocycles. The molecule has 1 unspecified atom stereocenters. The van der Waals surface area contributed by atoms with Crippen molar-refractivity contribution < 1.29 is 32.2 Å². The molecule has 5 rings (SSSR count). The number of fused-ring (bicyclic) bond motifs is 1. The second kappa shape index (κ2) is 13.3. The van der Waals surface area contributed by atoms with Gasteiger partial charge >= 0.3 is 0 Å². The molecule has 1 saturated heterocycles. The molecule has 0 spiro atoms.